The number of aryl methyl sites for hydroxylation is 1. The van der Waals surface area contributed by atoms with E-state index in [1.165, 1.54) is 6.33 Å². The molecule has 3 aromatic rings. The first kappa shape index (κ1) is 9.84. The van der Waals surface area contributed by atoms with Crippen LogP contribution in [0.1, 0.15) is 0 Å². The average molecular weight is 225 g/mol. The zero-order valence-electron chi connectivity index (χ0n) is 9.37. The van der Waals surface area contributed by atoms with E-state index in [2.05, 4.69) is 9.97 Å². The largest absolute Gasteiger partial charge is 0.438 e. The molecule has 4 nitrogen and oxygen atoms in total. The van der Waals surface area contributed by atoms with Crippen LogP contribution in [0.2, 0.25) is 0 Å². The van der Waals surface area contributed by atoms with E-state index in [9.17, 15) is 0 Å². The van der Waals surface area contributed by atoms with Crippen LogP contribution < -0.4 is 4.74 Å². The van der Waals surface area contributed by atoms with Gasteiger partial charge in [0.1, 0.15) is 17.7 Å². The van der Waals surface area contributed by atoms with Gasteiger partial charge in [0.05, 0.1) is 5.39 Å². The highest BCUT2D eigenvalue weighted by Gasteiger charge is 2.07. The van der Waals surface area contributed by atoms with Gasteiger partial charge in [-0.1, -0.05) is 18.2 Å². The highest BCUT2D eigenvalue weighted by atomic mass is 16.5. The van der Waals surface area contributed by atoms with Crippen molar-refractivity contribution in [1.82, 2.24) is 14.5 Å². The van der Waals surface area contributed by atoms with Gasteiger partial charge in [-0.15, -0.1) is 0 Å². The van der Waals surface area contributed by atoms with Crippen LogP contribution in [-0.4, -0.2) is 14.5 Å². The molecule has 2 heterocycles. The van der Waals surface area contributed by atoms with E-state index in [4.69, 9.17) is 4.74 Å². The van der Waals surface area contributed by atoms with Crippen LogP contribution in [0, 0.1) is 0 Å². The van der Waals surface area contributed by atoms with Crippen molar-refractivity contribution in [1.29, 1.82) is 0 Å². The zero-order valence-corrected chi connectivity index (χ0v) is 9.37. The lowest BCUT2D eigenvalue weighted by Crippen LogP contribution is -1.92. The second-order valence-electron chi connectivity index (χ2n) is 3.76. The number of nitrogens with zero attached hydrogens (tertiary/aromatic N) is 3. The molecule has 0 saturated heterocycles. The summed E-state index contributed by atoms with van der Waals surface area (Å²) in [6.07, 6.45) is 3.46. The third kappa shape index (κ3) is 1.73. The Bertz CT molecular complexity index is 646. The Kier molecular flexibility index (Phi) is 2.26. The molecule has 1 aromatic carbocycles. The summed E-state index contributed by atoms with van der Waals surface area (Å²) >= 11 is 0. The standard InChI is InChI=1S/C13H11N3O/c1-16-8-7-11-12(16)14-9-15-13(11)17-10-5-3-2-4-6-10/h2-9H,1H3. The Morgan fingerprint density at radius 2 is 1.88 bits per heavy atom. The summed E-state index contributed by atoms with van der Waals surface area (Å²) in [5, 5.41) is 0.916. The summed E-state index contributed by atoms with van der Waals surface area (Å²) in [5.41, 5.74) is 0.867. The maximum atomic E-state index is 5.74. The van der Waals surface area contributed by atoms with Crippen molar-refractivity contribution in [3.05, 3.63) is 48.9 Å². The molecule has 0 atom stereocenters. The van der Waals surface area contributed by atoms with Gasteiger partial charge in [0.25, 0.3) is 0 Å². The normalized spacial score (nSPS) is 10.6. The molecule has 0 radical (unpaired) electrons. The first-order valence-corrected chi connectivity index (χ1v) is 5.33. The topological polar surface area (TPSA) is 39.9 Å². The summed E-state index contributed by atoms with van der Waals surface area (Å²) in [4.78, 5) is 8.38. The summed E-state index contributed by atoms with van der Waals surface area (Å²) in [5.74, 6) is 1.36. The zero-order chi connectivity index (χ0) is 11.7. The molecule has 0 amide bonds. The molecule has 84 valence electrons. The van der Waals surface area contributed by atoms with Crippen LogP contribution >= 0.6 is 0 Å². The fourth-order valence-electron chi connectivity index (χ4n) is 1.74. The minimum Gasteiger partial charge on any atom is -0.438 e. The molecule has 0 aliphatic carbocycles. The smallest absolute Gasteiger partial charge is 0.231 e. The van der Waals surface area contributed by atoms with Gasteiger partial charge in [-0.25, -0.2) is 9.97 Å². The first-order chi connectivity index (χ1) is 8.34. The molecule has 0 bridgehead atoms. The van der Waals surface area contributed by atoms with E-state index >= 15 is 0 Å². The van der Waals surface area contributed by atoms with Crippen molar-refractivity contribution >= 4 is 11.0 Å². The highest BCUT2D eigenvalue weighted by molar-refractivity contribution is 5.81. The fraction of sp³-hybridized carbons (Fsp3) is 0.0769. The van der Waals surface area contributed by atoms with E-state index in [1.54, 1.807) is 0 Å². The summed E-state index contributed by atoms with van der Waals surface area (Å²) in [6, 6.07) is 11.6. The lowest BCUT2D eigenvalue weighted by molar-refractivity contribution is 0.468. The van der Waals surface area contributed by atoms with Gasteiger partial charge in [-0.05, 0) is 18.2 Å². The highest BCUT2D eigenvalue weighted by Crippen LogP contribution is 2.26. The lowest BCUT2D eigenvalue weighted by atomic mass is 10.3. The Hall–Kier alpha value is -2.36. The maximum Gasteiger partial charge on any atom is 0.231 e. The number of para-hydroxylation sites is 1. The predicted molar refractivity (Wildman–Crippen MR) is 65.0 cm³/mol. The summed E-state index contributed by atoms with van der Waals surface area (Å²) < 4.78 is 7.68. The van der Waals surface area contributed by atoms with Crippen molar-refractivity contribution in [3.8, 4) is 11.6 Å². The third-order valence-corrected chi connectivity index (χ3v) is 2.58. The predicted octanol–water partition coefficient (Wildman–Crippen LogP) is 2.76. The Morgan fingerprint density at radius 3 is 2.71 bits per heavy atom. The molecular formula is C13H11N3O. The third-order valence-electron chi connectivity index (χ3n) is 2.58. The molecule has 0 spiro atoms. The molecule has 0 fully saturated rings. The Morgan fingerprint density at radius 1 is 1.06 bits per heavy atom. The van der Waals surface area contributed by atoms with Crippen molar-refractivity contribution in [2.75, 3.05) is 0 Å². The molecule has 0 aliphatic rings. The lowest BCUT2D eigenvalue weighted by Gasteiger charge is -2.05. The molecule has 0 unspecified atom stereocenters. The van der Waals surface area contributed by atoms with Crippen molar-refractivity contribution in [3.63, 3.8) is 0 Å². The fourth-order valence-corrected chi connectivity index (χ4v) is 1.74. The van der Waals surface area contributed by atoms with E-state index in [0.29, 0.717) is 5.88 Å². The number of rotatable bonds is 2. The number of ether oxygens (including phenoxy) is 1. The average Bonchev–Trinajstić information content (AvgIpc) is 2.74. The van der Waals surface area contributed by atoms with Crippen molar-refractivity contribution in [2.45, 2.75) is 0 Å². The minimum atomic E-state index is 0.585. The van der Waals surface area contributed by atoms with Gasteiger partial charge in [0.15, 0.2) is 0 Å². The van der Waals surface area contributed by atoms with E-state index < -0.39 is 0 Å². The van der Waals surface area contributed by atoms with Crippen LogP contribution in [0.5, 0.6) is 11.6 Å². The Labute approximate surface area is 98.5 Å². The molecular weight excluding hydrogens is 214 g/mol. The molecule has 3 rings (SSSR count). The molecule has 4 heteroatoms. The van der Waals surface area contributed by atoms with Gasteiger partial charge in [0, 0.05) is 13.2 Å². The van der Waals surface area contributed by atoms with Gasteiger partial charge >= 0.3 is 0 Å². The van der Waals surface area contributed by atoms with Crippen LogP contribution in [-0.2, 0) is 7.05 Å². The van der Waals surface area contributed by atoms with Crippen molar-refractivity contribution < 1.29 is 4.74 Å². The van der Waals surface area contributed by atoms with Crippen molar-refractivity contribution in [2.24, 2.45) is 7.05 Å². The van der Waals surface area contributed by atoms with Gasteiger partial charge in [0.2, 0.25) is 5.88 Å². The van der Waals surface area contributed by atoms with E-state index in [-0.39, 0.29) is 0 Å². The van der Waals surface area contributed by atoms with Crippen LogP contribution in [0.3, 0.4) is 0 Å². The van der Waals surface area contributed by atoms with Crippen LogP contribution in [0.15, 0.2) is 48.9 Å². The van der Waals surface area contributed by atoms with Gasteiger partial charge < -0.3 is 9.30 Å². The number of hydrogen-bond donors (Lipinski definition) is 0. The second kappa shape index (κ2) is 3.90. The minimum absolute atomic E-state index is 0.585. The van der Waals surface area contributed by atoms with Crippen LogP contribution in [0.25, 0.3) is 11.0 Å². The summed E-state index contributed by atoms with van der Waals surface area (Å²) in [6.45, 7) is 0. The summed E-state index contributed by atoms with van der Waals surface area (Å²) in [7, 11) is 1.95. The molecule has 0 N–H and O–H groups in total. The molecule has 0 saturated carbocycles. The number of fused-ring (bicyclic) bond motifs is 1. The Balaban J connectivity index is 2.06. The monoisotopic (exact) mass is 225 g/mol. The molecule has 0 aliphatic heterocycles. The quantitative estimate of drug-likeness (QED) is 0.673. The van der Waals surface area contributed by atoms with E-state index in [0.717, 1.165) is 16.8 Å². The number of aromatic nitrogens is 3. The van der Waals surface area contributed by atoms with E-state index in [1.807, 2.05) is 54.2 Å². The van der Waals surface area contributed by atoms with Gasteiger partial charge in [-0.3, -0.25) is 0 Å². The molecule has 17 heavy (non-hydrogen) atoms. The maximum absolute atomic E-state index is 5.74. The van der Waals surface area contributed by atoms with Crippen LogP contribution in [0.4, 0.5) is 0 Å². The van der Waals surface area contributed by atoms with Gasteiger partial charge in [-0.2, -0.15) is 0 Å². The molecule has 2 aromatic heterocycles. The SMILES string of the molecule is Cn1ccc2c(Oc3ccccc3)ncnc21. The first-order valence-electron chi connectivity index (χ1n) is 5.33. The number of hydrogen-bond acceptors (Lipinski definition) is 3. The second-order valence-corrected chi connectivity index (χ2v) is 3.76. The number of benzene rings is 1.